The van der Waals surface area contributed by atoms with Crippen LogP contribution in [0.15, 0.2) is 24.3 Å². The average Bonchev–Trinajstić information content (AvgIpc) is 2.93. The Morgan fingerprint density at radius 3 is 2.56 bits per heavy atom. The Labute approximate surface area is 152 Å². The number of carbonyl (C=O) groups excluding carboxylic acids is 1. The van der Waals surface area contributed by atoms with E-state index < -0.39 is 0 Å². The molecule has 130 valence electrons. The molecule has 3 aromatic rings. The summed E-state index contributed by atoms with van der Waals surface area (Å²) in [6.07, 6.45) is 0.796. The molecule has 0 spiro atoms. The van der Waals surface area contributed by atoms with Crippen molar-refractivity contribution >= 4 is 27.5 Å². The monoisotopic (exact) mass is 353 g/mol. The van der Waals surface area contributed by atoms with Crippen molar-refractivity contribution in [2.45, 2.75) is 40.7 Å². The molecule has 0 bridgehead atoms. The topological polar surface area (TPSA) is 46.1 Å². The van der Waals surface area contributed by atoms with Gasteiger partial charge in [-0.1, -0.05) is 31.2 Å². The third-order valence-corrected chi connectivity index (χ3v) is 5.72. The van der Waals surface area contributed by atoms with E-state index in [2.05, 4.69) is 29.0 Å². The lowest BCUT2D eigenvalue weighted by molar-refractivity contribution is 0.0789. The summed E-state index contributed by atoms with van der Waals surface area (Å²) in [5.41, 5.74) is 4.31. The molecule has 2 heterocycles. The van der Waals surface area contributed by atoms with Crippen molar-refractivity contribution in [1.29, 1.82) is 0 Å². The molecular weight excluding hydrogens is 330 g/mol. The third-order valence-electron chi connectivity index (χ3n) is 4.54. The molecule has 4 nitrogen and oxygen atoms in total. The lowest BCUT2D eigenvalue weighted by atomic mass is 10.1. The molecule has 25 heavy (non-hydrogen) atoms. The number of hydrogen-bond acceptors (Lipinski definition) is 4. The molecule has 1 amide bonds. The maximum atomic E-state index is 13.0. The van der Waals surface area contributed by atoms with Crippen LogP contribution in [0.3, 0.4) is 0 Å². The predicted octanol–water partition coefficient (Wildman–Crippen LogP) is 4.45. The van der Waals surface area contributed by atoms with E-state index in [9.17, 15) is 4.79 Å². The summed E-state index contributed by atoms with van der Waals surface area (Å²) >= 11 is 1.48. The van der Waals surface area contributed by atoms with Crippen molar-refractivity contribution in [3.63, 3.8) is 0 Å². The molecule has 0 fully saturated rings. The quantitative estimate of drug-likeness (QED) is 0.696. The van der Waals surface area contributed by atoms with E-state index in [1.165, 1.54) is 22.5 Å². The minimum Gasteiger partial charge on any atom is -0.337 e. The SMILES string of the molecule is CCc1nc(C)c2c(C)c(C(=O)N(C)Cc3ccccc3C)sc2n1. The van der Waals surface area contributed by atoms with Crippen LogP contribution in [0.25, 0.3) is 10.2 Å². The van der Waals surface area contributed by atoms with Gasteiger partial charge in [-0.25, -0.2) is 9.97 Å². The van der Waals surface area contributed by atoms with Crippen LogP contribution in [-0.2, 0) is 13.0 Å². The summed E-state index contributed by atoms with van der Waals surface area (Å²) in [4.78, 5) is 25.6. The molecule has 3 rings (SSSR count). The first-order valence-corrected chi connectivity index (χ1v) is 9.30. The molecule has 0 saturated carbocycles. The molecule has 2 aromatic heterocycles. The van der Waals surface area contributed by atoms with Gasteiger partial charge >= 0.3 is 0 Å². The fourth-order valence-corrected chi connectivity index (χ4v) is 4.29. The summed E-state index contributed by atoms with van der Waals surface area (Å²) in [6, 6.07) is 8.17. The fourth-order valence-electron chi connectivity index (χ4n) is 3.05. The van der Waals surface area contributed by atoms with Gasteiger partial charge in [0.05, 0.1) is 4.88 Å². The molecule has 0 saturated heterocycles. The molecule has 1 aromatic carbocycles. The number of amides is 1. The molecule has 5 heteroatoms. The van der Waals surface area contributed by atoms with Gasteiger partial charge in [0, 0.05) is 31.1 Å². The maximum absolute atomic E-state index is 13.0. The normalized spacial score (nSPS) is 11.1. The van der Waals surface area contributed by atoms with E-state index in [-0.39, 0.29) is 5.91 Å². The minimum absolute atomic E-state index is 0.0428. The van der Waals surface area contributed by atoms with Gasteiger partial charge in [-0.15, -0.1) is 11.3 Å². The number of rotatable bonds is 4. The maximum Gasteiger partial charge on any atom is 0.264 e. The Balaban J connectivity index is 1.95. The van der Waals surface area contributed by atoms with Crippen molar-refractivity contribution in [2.75, 3.05) is 7.05 Å². The largest absolute Gasteiger partial charge is 0.337 e. The van der Waals surface area contributed by atoms with Crippen molar-refractivity contribution in [3.8, 4) is 0 Å². The Morgan fingerprint density at radius 2 is 1.88 bits per heavy atom. The van der Waals surface area contributed by atoms with Crippen LogP contribution < -0.4 is 0 Å². The van der Waals surface area contributed by atoms with E-state index in [0.29, 0.717) is 6.54 Å². The van der Waals surface area contributed by atoms with Gasteiger partial charge < -0.3 is 4.90 Å². The summed E-state index contributed by atoms with van der Waals surface area (Å²) < 4.78 is 0. The van der Waals surface area contributed by atoms with Crippen LogP contribution in [-0.4, -0.2) is 27.8 Å². The van der Waals surface area contributed by atoms with Crippen LogP contribution in [0.2, 0.25) is 0 Å². The zero-order chi connectivity index (χ0) is 18.1. The second-order valence-corrected chi connectivity index (χ2v) is 7.40. The molecule has 0 radical (unpaired) electrons. The summed E-state index contributed by atoms with van der Waals surface area (Å²) in [7, 11) is 1.86. The number of nitrogens with zero attached hydrogens (tertiary/aromatic N) is 3. The second-order valence-electron chi connectivity index (χ2n) is 6.40. The van der Waals surface area contributed by atoms with Crippen LogP contribution in [0, 0.1) is 20.8 Å². The first kappa shape index (κ1) is 17.5. The van der Waals surface area contributed by atoms with E-state index in [4.69, 9.17) is 0 Å². The average molecular weight is 353 g/mol. The van der Waals surface area contributed by atoms with Gasteiger partial charge in [-0.3, -0.25) is 4.79 Å². The smallest absolute Gasteiger partial charge is 0.264 e. The van der Waals surface area contributed by atoms with Crippen LogP contribution in [0.4, 0.5) is 0 Å². The van der Waals surface area contributed by atoms with Gasteiger partial charge in [0.15, 0.2) is 0 Å². The number of aryl methyl sites for hydroxylation is 4. The first-order valence-electron chi connectivity index (χ1n) is 8.49. The molecular formula is C20H23N3OS. The zero-order valence-corrected chi connectivity index (χ0v) is 16.2. The van der Waals surface area contributed by atoms with Crippen molar-refractivity contribution in [1.82, 2.24) is 14.9 Å². The van der Waals surface area contributed by atoms with Crippen molar-refractivity contribution < 1.29 is 4.79 Å². The molecule has 0 aliphatic rings. The number of hydrogen-bond donors (Lipinski definition) is 0. The lowest BCUT2D eigenvalue weighted by Gasteiger charge is -2.18. The predicted molar refractivity (Wildman–Crippen MR) is 103 cm³/mol. The van der Waals surface area contributed by atoms with E-state index in [1.54, 1.807) is 4.90 Å². The Hall–Kier alpha value is -2.27. The minimum atomic E-state index is 0.0428. The second kappa shape index (κ2) is 6.92. The Bertz CT molecular complexity index is 946. The standard InChI is InChI=1S/C20H23N3OS/c1-6-16-21-14(4)17-13(3)18(25-19(17)22-16)20(24)23(5)11-15-10-8-7-9-12(15)2/h7-10H,6,11H2,1-5H3. The highest BCUT2D eigenvalue weighted by Gasteiger charge is 2.21. The number of aromatic nitrogens is 2. The number of fused-ring (bicyclic) bond motifs is 1. The number of thiophene rings is 1. The van der Waals surface area contributed by atoms with Crippen molar-refractivity contribution in [2.24, 2.45) is 0 Å². The fraction of sp³-hybridized carbons (Fsp3) is 0.350. The Kier molecular flexibility index (Phi) is 4.86. The molecule has 0 aliphatic heterocycles. The third kappa shape index (κ3) is 3.29. The highest BCUT2D eigenvalue weighted by atomic mass is 32.1. The Morgan fingerprint density at radius 1 is 1.16 bits per heavy atom. The van der Waals surface area contributed by atoms with Gasteiger partial charge in [0.25, 0.3) is 5.91 Å². The van der Waals surface area contributed by atoms with E-state index in [0.717, 1.165) is 38.6 Å². The number of carbonyl (C=O) groups is 1. The van der Waals surface area contributed by atoms with Gasteiger partial charge in [-0.05, 0) is 37.5 Å². The van der Waals surface area contributed by atoms with Crippen LogP contribution in [0.1, 0.15) is 44.8 Å². The van der Waals surface area contributed by atoms with Crippen molar-refractivity contribution in [3.05, 3.63) is 57.4 Å². The molecule has 0 N–H and O–H groups in total. The number of benzene rings is 1. The summed E-state index contributed by atoms with van der Waals surface area (Å²) in [5, 5.41) is 1.02. The van der Waals surface area contributed by atoms with Gasteiger partial charge in [-0.2, -0.15) is 0 Å². The van der Waals surface area contributed by atoms with Crippen LogP contribution >= 0.6 is 11.3 Å². The van der Waals surface area contributed by atoms with E-state index >= 15 is 0 Å². The highest BCUT2D eigenvalue weighted by Crippen LogP contribution is 2.32. The van der Waals surface area contributed by atoms with Gasteiger partial charge in [0.2, 0.25) is 0 Å². The summed E-state index contributed by atoms with van der Waals surface area (Å²) in [6.45, 7) is 8.71. The van der Waals surface area contributed by atoms with E-state index in [1.807, 2.05) is 40.0 Å². The molecule has 0 atom stereocenters. The van der Waals surface area contributed by atoms with Gasteiger partial charge in [0.1, 0.15) is 10.7 Å². The highest BCUT2D eigenvalue weighted by molar-refractivity contribution is 7.20. The zero-order valence-electron chi connectivity index (χ0n) is 15.4. The lowest BCUT2D eigenvalue weighted by Crippen LogP contribution is -2.26. The molecule has 0 unspecified atom stereocenters. The summed E-state index contributed by atoms with van der Waals surface area (Å²) in [5.74, 6) is 0.875. The van der Waals surface area contributed by atoms with Crippen LogP contribution in [0.5, 0.6) is 0 Å². The molecule has 0 aliphatic carbocycles. The first-order chi connectivity index (χ1) is 11.9.